The van der Waals surface area contributed by atoms with Crippen molar-refractivity contribution in [2.24, 2.45) is 22.2 Å². The molecule has 1 aromatic rings. The highest BCUT2D eigenvalue weighted by Gasteiger charge is 2.26. The molecule has 28 heavy (non-hydrogen) atoms. The molecule has 0 radical (unpaired) electrons. The first kappa shape index (κ1) is 22.7. The Balaban J connectivity index is 2.80. The Bertz CT molecular complexity index is 702. The molecule has 2 atom stereocenters. The number of aromatic hydroxyl groups is 1. The maximum atomic E-state index is 12.6. The quantitative estimate of drug-likeness (QED) is 0.127. The van der Waals surface area contributed by atoms with Crippen LogP contribution < -0.4 is 27.8 Å². The van der Waals surface area contributed by atoms with E-state index in [-0.39, 0.29) is 37.6 Å². The molecule has 1 rings (SSSR count). The van der Waals surface area contributed by atoms with E-state index < -0.39 is 29.9 Å². The summed E-state index contributed by atoms with van der Waals surface area (Å²) < 4.78 is 0. The van der Waals surface area contributed by atoms with E-state index in [9.17, 15) is 24.6 Å². The zero-order valence-corrected chi connectivity index (χ0v) is 15.3. The number of guanidine groups is 1. The van der Waals surface area contributed by atoms with E-state index in [1.54, 1.807) is 12.1 Å². The summed E-state index contributed by atoms with van der Waals surface area (Å²) in [6.07, 6.45) is 0.541. The number of phenolic OH excluding ortho intramolecular Hbond substituents is 1. The highest BCUT2D eigenvalue weighted by molar-refractivity contribution is 5.91. The van der Waals surface area contributed by atoms with Crippen LogP contribution in [0, 0.1) is 0 Å². The van der Waals surface area contributed by atoms with Crippen LogP contribution in [0.2, 0.25) is 0 Å². The zero-order chi connectivity index (χ0) is 21.1. The van der Waals surface area contributed by atoms with Gasteiger partial charge < -0.3 is 38.0 Å². The van der Waals surface area contributed by atoms with Crippen molar-refractivity contribution in [1.29, 1.82) is 0 Å². The van der Waals surface area contributed by atoms with Gasteiger partial charge in [-0.3, -0.25) is 14.6 Å². The molecule has 0 aromatic heterocycles. The molecule has 0 spiro atoms. The number of nitrogens with zero attached hydrogens (tertiary/aromatic N) is 1. The van der Waals surface area contributed by atoms with Crippen molar-refractivity contribution in [2.45, 2.75) is 31.3 Å². The first-order valence-electron chi connectivity index (χ1n) is 8.58. The number of aliphatic imine (C=N–C) groups is 1. The number of nitrogens with one attached hydrogen (secondary N) is 2. The van der Waals surface area contributed by atoms with Gasteiger partial charge in [-0.15, -0.1) is 0 Å². The first-order chi connectivity index (χ1) is 13.2. The third-order valence-corrected chi connectivity index (χ3v) is 3.77. The van der Waals surface area contributed by atoms with Crippen molar-refractivity contribution in [3.05, 3.63) is 29.8 Å². The lowest BCUT2D eigenvalue weighted by molar-refractivity contribution is -0.142. The van der Waals surface area contributed by atoms with Gasteiger partial charge >= 0.3 is 5.97 Å². The SMILES string of the molecule is NCC(=O)NC(Cc1ccc(O)cc1)C(=O)NC(CCCN=C(N)N)C(=O)O. The van der Waals surface area contributed by atoms with Gasteiger partial charge in [0.15, 0.2) is 5.96 Å². The Labute approximate surface area is 162 Å². The molecule has 154 valence electrons. The number of carbonyl (C=O) groups is 3. The minimum Gasteiger partial charge on any atom is -0.508 e. The van der Waals surface area contributed by atoms with Crippen molar-refractivity contribution >= 4 is 23.7 Å². The Morgan fingerprint density at radius 3 is 2.25 bits per heavy atom. The number of benzene rings is 1. The first-order valence-corrected chi connectivity index (χ1v) is 8.58. The van der Waals surface area contributed by atoms with Crippen molar-refractivity contribution in [1.82, 2.24) is 10.6 Å². The maximum absolute atomic E-state index is 12.6. The summed E-state index contributed by atoms with van der Waals surface area (Å²) in [6, 6.07) is 3.87. The lowest BCUT2D eigenvalue weighted by atomic mass is 10.0. The van der Waals surface area contributed by atoms with Gasteiger partial charge in [-0.1, -0.05) is 12.1 Å². The summed E-state index contributed by atoms with van der Waals surface area (Å²) in [5, 5.41) is 23.6. The molecule has 1 aromatic carbocycles. The molecular formula is C17H26N6O5. The van der Waals surface area contributed by atoms with Gasteiger partial charge in [0.25, 0.3) is 0 Å². The van der Waals surface area contributed by atoms with Crippen LogP contribution in [0.15, 0.2) is 29.3 Å². The van der Waals surface area contributed by atoms with Crippen molar-refractivity contribution in [3.8, 4) is 5.75 Å². The normalized spacial score (nSPS) is 12.5. The highest BCUT2D eigenvalue weighted by Crippen LogP contribution is 2.12. The smallest absolute Gasteiger partial charge is 0.326 e. The van der Waals surface area contributed by atoms with Gasteiger partial charge in [0, 0.05) is 13.0 Å². The molecule has 2 amide bonds. The maximum Gasteiger partial charge on any atom is 0.326 e. The molecule has 0 aliphatic carbocycles. The van der Waals surface area contributed by atoms with E-state index in [2.05, 4.69) is 15.6 Å². The number of aliphatic carboxylic acids is 1. The number of carbonyl (C=O) groups excluding carboxylic acids is 2. The van der Waals surface area contributed by atoms with Gasteiger partial charge in [-0.25, -0.2) is 4.79 Å². The van der Waals surface area contributed by atoms with E-state index in [0.29, 0.717) is 12.0 Å². The summed E-state index contributed by atoms with van der Waals surface area (Å²) in [6.45, 7) is -0.0942. The monoisotopic (exact) mass is 394 g/mol. The zero-order valence-electron chi connectivity index (χ0n) is 15.3. The van der Waals surface area contributed by atoms with Crippen molar-refractivity contribution in [2.75, 3.05) is 13.1 Å². The third-order valence-electron chi connectivity index (χ3n) is 3.77. The van der Waals surface area contributed by atoms with Crippen LogP contribution in [0.5, 0.6) is 5.75 Å². The fraction of sp³-hybridized carbons (Fsp3) is 0.412. The van der Waals surface area contributed by atoms with Crippen LogP contribution in [0.3, 0.4) is 0 Å². The summed E-state index contributed by atoms with van der Waals surface area (Å²) in [5.74, 6) is -2.48. The molecule has 0 saturated heterocycles. The van der Waals surface area contributed by atoms with Crippen LogP contribution in [0.4, 0.5) is 0 Å². The lowest BCUT2D eigenvalue weighted by Gasteiger charge is -2.21. The molecule has 0 aliphatic heterocycles. The molecule has 11 nitrogen and oxygen atoms in total. The molecule has 10 N–H and O–H groups in total. The number of phenols is 1. The van der Waals surface area contributed by atoms with Crippen molar-refractivity contribution in [3.63, 3.8) is 0 Å². The fourth-order valence-corrected chi connectivity index (χ4v) is 2.36. The Kier molecular flexibility index (Phi) is 9.23. The van der Waals surface area contributed by atoms with Crippen LogP contribution in [-0.4, -0.2) is 59.1 Å². The molecule has 0 fully saturated rings. The Morgan fingerprint density at radius 1 is 1.07 bits per heavy atom. The molecule has 0 aliphatic rings. The largest absolute Gasteiger partial charge is 0.508 e. The summed E-state index contributed by atoms with van der Waals surface area (Å²) >= 11 is 0. The van der Waals surface area contributed by atoms with Crippen molar-refractivity contribution < 1.29 is 24.6 Å². The van der Waals surface area contributed by atoms with Gasteiger partial charge in [0.1, 0.15) is 17.8 Å². The molecular weight excluding hydrogens is 368 g/mol. The molecule has 0 heterocycles. The average Bonchev–Trinajstić information content (AvgIpc) is 2.64. The predicted octanol–water partition coefficient (Wildman–Crippen LogP) is -2.00. The number of carboxylic acids is 1. The lowest BCUT2D eigenvalue weighted by Crippen LogP contribution is -2.53. The van der Waals surface area contributed by atoms with E-state index in [0.717, 1.165) is 0 Å². The minimum atomic E-state index is -1.22. The second-order valence-electron chi connectivity index (χ2n) is 6.04. The molecule has 0 bridgehead atoms. The Hall–Kier alpha value is -3.34. The van der Waals surface area contributed by atoms with Crippen LogP contribution >= 0.6 is 0 Å². The number of amides is 2. The van der Waals surface area contributed by atoms with Crippen LogP contribution in [-0.2, 0) is 20.8 Å². The second kappa shape index (κ2) is 11.4. The molecule has 11 heteroatoms. The summed E-state index contributed by atoms with van der Waals surface area (Å²) in [4.78, 5) is 39.4. The summed E-state index contributed by atoms with van der Waals surface area (Å²) in [5.41, 5.74) is 16.4. The summed E-state index contributed by atoms with van der Waals surface area (Å²) in [7, 11) is 0. The van der Waals surface area contributed by atoms with Crippen LogP contribution in [0.1, 0.15) is 18.4 Å². The standard InChI is InChI=1S/C17H26N6O5/c18-9-14(25)22-13(8-10-3-5-11(24)6-4-10)15(26)23-12(16(27)28)2-1-7-21-17(19)20/h3-6,12-13,24H,1-2,7-9,18H2,(H,22,25)(H,23,26)(H,27,28)(H4,19,20,21). The van der Waals surface area contributed by atoms with E-state index in [1.165, 1.54) is 12.1 Å². The van der Waals surface area contributed by atoms with E-state index in [4.69, 9.17) is 17.2 Å². The number of carboxylic acid groups (broad SMARTS) is 1. The Morgan fingerprint density at radius 2 is 1.71 bits per heavy atom. The molecule has 2 unspecified atom stereocenters. The van der Waals surface area contributed by atoms with Gasteiger partial charge in [-0.2, -0.15) is 0 Å². The average molecular weight is 394 g/mol. The topological polar surface area (TPSA) is 206 Å². The second-order valence-corrected chi connectivity index (χ2v) is 6.04. The van der Waals surface area contributed by atoms with Gasteiger partial charge in [0.05, 0.1) is 6.54 Å². The van der Waals surface area contributed by atoms with Gasteiger partial charge in [-0.05, 0) is 30.5 Å². The third kappa shape index (κ3) is 8.36. The van der Waals surface area contributed by atoms with Gasteiger partial charge in [0.2, 0.25) is 11.8 Å². The van der Waals surface area contributed by atoms with E-state index in [1.807, 2.05) is 0 Å². The number of nitrogens with two attached hydrogens (primary N) is 3. The molecule has 0 saturated carbocycles. The van der Waals surface area contributed by atoms with E-state index >= 15 is 0 Å². The minimum absolute atomic E-state index is 0.0578. The highest BCUT2D eigenvalue weighted by atomic mass is 16.4. The number of hydrogen-bond donors (Lipinski definition) is 7. The van der Waals surface area contributed by atoms with Crippen LogP contribution in [0.25, 0.3) is 0 Å². The number of hydrogen-bond acceptors (Lipinski definition) is 6. The fourth-order valence-electron chi connectivity index (χ4n) is 2.36. The predicted molar refractivity (Wildman–Crippen MR) is 102 cm³/mol. The number of rotatable bonds is 11.